The van der Waals surface area contributed by atoms with Crippen molar-refractivity contribution in [3.05, 3.63) is 92.8 Å². The molecule has 4 rings (SSSR count). The number of nitrogens with one attached hydrogen (secondary N) is 2. The third-order valence-corrected chi connectivity index (χ3v) is 7.04. The van der Waals surface area contributed by atoms with Crippen LogP contribution in [0.3, 0.4) is 0 Å². The summed E-state index contributed by atoms with van der Waals surface area (Å²) in [4.78, 5) is 23.2. The number of carboxylic acid groups (broad SMARTS) is 1. The number of alkyl halides is 1. The number of aromatic amines is 1. The molecule has 0 radical (unpaired) electrons. The Labute approximate surface area is 225 Å². The van der Waals surface area contributed by atoms with Gasteiger partial charge in [-0.25, -0.2) is 4.39 Å². The number of nitriles is 1. The molecule has 3 atom stereocenters. The van der Waals surface area contributed by atoms with Crippen molar-refractivity contribution >= 4 is 29.6 Å². The third kappa shape index (κ3) is 5.95. The highest BCUT2D eigenvalue weighted by atomic mass is 35.5. The quantitative estimate of drug-likeness (QED) is 0.282. The molecule has 0 aliphatic heterocycles. The lowest BCUT2D eigenvalue weighted by Crippen LogP contribution is -2.26. The summed E-state index contributed by atoms with van der Waals surface area (Å²) in [5.41, 5.74) is 4.36. The van der Waals surface area contributed by atoms with E-state index in [1.165, 1.54) is 0 Å². The Balaban J connectivity index is 1.75. The van der Waals surface area contributed by atoms with E-state index >= 15 is 0 Å². The summed E-state index contributed by atoms with van der Waals surface area (Å²) in [7, 11) is 0. The van der Waals surface area contributed by atoms with Crippen molar-refractivity contribution < 1.29 is 19.1 Å². The van der Waals surface area contributed by atoms with E-state index in [9.17, 15) is 19.2 Å². The first-order valence-corrected chi connectivity index (χ1v) is 12.9. The first-order valence-electron chi connectivity index (χ1n) is 12.5. The molecule has 1 aliphatic carbocycles. The van der Waals surface area contributed by atoms with Crippen molar-refractivity contribution in [3.63, 3.8) is 0 Å². The molecule has 0 spiro atoms. The molecule has 1 aromatic heterocycles. The first kappa shape index (κ1) is 27.1. The number of fused-ring (bicyclic) bond motifs is 1. The zero-order valence-corrected chi connectivity index (χ0v) is 21.6. The summed E-state index contributed by atoms with van der Waals surface area (Å²) < 4.78 is 14.9. The van der Waals surface area contributed by atoms with E-state index in [1.807, 2.05) is 36.4 Å². The number of H-pyrrole nitrogens is 1. The maximum absolute atomic E-state index is 14.9. The fraction of sp³-hybridized carbons (Fsp3) is 0.310. The largest absolute Gasteiger partial charge is 0.481 e. The van der Waals surface area contributed by atoms with E-state index < -0.39 is 12.1 Å². The molecule has 1 aliphatic rings. The fourth-order valence-electron chi connectivity index (χ4n) is 4.97. The molecule has 196 valence electrons. The van der Waals surface area contributed by atoms with Crippen molar-refractivity contribution in [2.45, 2.75) is 50.6 Å². The number of carbonyl (C=O) groups is 2. The van der Waals surface area contributed by atoms with Gasteiger partial charge in [0, 0.05) is 40.6 Å². The molecule has 3 N–H and O–H groups in total. The minimum absolute atomic E-state index is 0.0190. The molecule has 3 unspecified atom stereocenters. The van der Waals surface area contributed by atoms with Crippen LogP contribution in [-0.2, 0) is 4.79 Å². The number of amides is 1. The van der Waals surface area contributed by atoms with Crippen LogP contribution >= 0.6 is 11.6 Å². The lowest BCUT2D eigenvalue weighted by Gasteiger charge is -2.28. The number of hydrogen-bond acceptors (Lipinski definition) is 4. The van der Waals surface area contributed by atoms with Crippen LogP contribution in [0.25, 0.3) is 6.08 Å². The molecule has 7 nitrogen and oxygen atoms in total. The van der Waals surface area contributed by atoms with Gasteiger partial charge in [-0.15, -0.1) is 0 Å². The van der Waals surface area contributed by atoms with Crippen LogP contribution in [0.4, 0.5) is 4.39 Å². The monoisotopic (exact) mass is 534 g/mol. The van der Waals surface area contributed by atoms with Gasteiger partial charge >= 0.3 is 5.97 Å². The van der Waals surface area contributed by atoms with Crippen LogP contribution in [0.1, 0.15) is 89.1 Å². The van der Waals surface area contributed by atoms with E-state index in [4.69, 9.17) is 16.7 Å². The molecule has 1 heterocycles. The van der Waals surface area contributed by atoms with Gasteiger partial charge in [-0.05, 0) is 53.8 Å². The minimum atomic E-state index is -1.33. The van der Waals surface area contributed by atoms with E-state index in [2.05, 4.69) is 28.5 Å². The maximum atomic E-state index is 14.9. The average molecular weight is 535 g/mol. The summed E-state index contributed by atoms with van der Waals surface area (Å²) in [6.07, 6.45) is 1.91. The molecule has 0 fully saturated rings. The smallest absolute Gasteiger partial charge is 0.305 e. The Hall–Kier alpha value is -3.96. The van der Waals surface area contributed by atoms with Crippen molar-refractivity contribution in [3.8, 4) is 6.07 Å². The zero-order valence-electron chi connectivity index (χ0n) is 20.9. The first-order chi connectivity index (χ1) is 18.3. The summed E-state index contributed by atoms with van der Waals surface area (Å²) in [5.74, 6) is -1.67. The average Bonchev–Trinajstić information content (AvgIpc) is 3.33. The molecule has 0 saturated carbocycles. The number of hydrogen-bond donors (Lipinski definition) is 3. The van der Waals surface area contributed by atoms with Gasteiger partial charge in [0.25, 0.3) is 5.91 Å². The Kier molecular flexibility index (Phi) is 8.59. The number of rotatable bonds is 10. The number of carboxylic acids is 1. The number of allylic oxidation sites excluding steroid dienone is 1. The molecule has 0 bridgehead atoms. The Morgan fingerprint density at radius 3 is 2.53 bits per heavy atom. The van der Waals surface area contributed by atoms with Crippen molar-refractivity contribution in [1.82, 2.24) is 15.5 Å². The maximum Gasteiger partial charge on any atom is 0.305 e. The molecule has 1 amide bonds. The van der Waals surface area contributed by atoms with Gasteiger partial charge in [-0.1, -0.05) is 49.2 Å². The molecule has 9 heteroatoms. The van der Waals surface area contributed by atoms with Crippen molar-refractivity contribution in [2.75, 3.05) is 6.54 Å². The number of carbonyl (C=O) groups excluding carboxylic acids is 1. The Morgan fingerprint density at radius 1 is 1.21 bits per heavy atom. The summed E-state index contributed by atoms with van der Waals surface area (Å²) in [6, 6.07) is 16.8. The lowest BCUT2D eigenvalue weighted by molar-refractivity contribution is -0.136. The van der Waals surface area contributed by atoms with Crippen molar-refractivity contribution in [1.29, 1.82) is 5.26 Å². The van der Waals surface area contributed by atoms with Crippen LogP contribution < -0.4 is 5.32 Å². The van der Waals surface area contributed by atoms with E-state index in [0.717, 1.165) is 24.0 Å². The van der Waals surface area contributed by atoms with Crippen LogP contribution in [-0.4, -0.2) is 33.7 Å². The predicted molar refractivity (Wildman–Crippen MR) is 143 cm³/mol. The van der Waals surface area contributed by atoms with Gasteiger partial charge < -0.3 is 10.4 Å². The van der Waals surface area contributed by atoms with Gasteiger partial charge in [0.15, 0.2) is 0 Å². The highest BCUT2D eigenvalue weighted by Gasteiger charge is 2.34. The minimum Gasteiger partial charge on any atom is -0.481 e. The van der Waals surface area contributed by atoms with E-state index in [1.54, 1.807) is 18.2 Å². The summed E-state index contributed by atoms with van der Waals surface area (Å²) in [5, 5.41) is 28.9. The molecule has 38 heavy (non-hydrogen) atoms. The summed E-state index contributed by atoms with van der Waals surface area (Å²) in [6.45, 7) is 2.13. The van der Waals surface area contributed by atoms with Gasteiger partial charge in [-0.2, -0.15) is 10.4 Å². The normalized spacial score (nSPS) is 16.1. The van der Waals surface area contributed by atoms with Gasteiger partial charge in [0.1, 0.15) is 6.17 Å². The second-order valence-corrected chi connectivity index (χ2v) is 9.77. The summed E-state index contributed by atoms with van der Waals surface area (Å²) >= 11 is 6.18. The highest BCUT2D eigenvalue weighted by molar-refractivity contribution is 6.30. The van der Waals surface area contributed by atoms with Gasteiger partial charge in [-0.3, -0.25) is 14.7 Å². The van der Waals surface area contributed by atoms with Gasteiger partial charge in [0.05, 0.1) is 23.9 Å². The van der Waals surface area contributed by atoms with E-state index in [-0.39, 0.29) is 37.1 Å². The van der Waals surface area contributed by atoms with Crippen molar-refractivity contribution in [2.24, 2.45) is 0 Å². The zero-order chi connectivity index (χ0) is 27.2. The molecular weight excluding hydrogens is 507 g/mol. The standard InChI is InChI=1S/C29H28ClFN4O3/c1-2-3-22(18-4-6-20(7-5-18)29(38)33-13-12-25(36)37)26(19-8-10-21(30)11-9-19)28-23-14-17(16-32)15-24(31)27(23)34-35-28/h4-11,14,22,24,26H,2-3,12-13,15H2,1H3,(H,33,38)(H,34,35)(H,36,37). The van der Waals surface area contributed by atoms with Crippen LogP contribution in [0.5, 0.6) is 0 Å². The molecule has 2 aromatic carbocycles. The lowest BCUT2D eigenvalue weighted by atomic mass is 9.75. The third-order valence-electron chi connectivity index (χ3n) is 6.79. The topological polar surface area (TPSA) is 119 Å². The number of benzene rings is 2. The van der Waals surface area contributed by atoms with Gasteiger partial charge in [0.2, 0.25) is 0 Å². The predicted octanol–water partition coefficient (Wildman–Crippen LogP) is 6.30. The number of halogens is 2. The Bertz CT molecular complexity index is 1380. The van der Waals surface area contributed by atoms with E-state index in [0.29, 0.717) is 33.1 Å². The SMILES string of the molecule is CCCC(c1ccc(C(=O)NCCC(=O)O)cc1)C(c1ccc(Cl)cc1)c1n[nH]c2c1C=C(C#N)CC2F. The fourth-order valence-corrected chi connectivity index (χ4v) is 5.09. The Morgan fingerprint density at radius 2 is 1.89 bits per heavy atom. The van der Waals surface area contributed by atoms with Crippen LogP contribution in [0.15, 0.2) is 54.1 Å². The second kappa shape index (κ2) is 12.1. The highest BCUT2D eigenvalue weighted by Crippen LogP contribution is 2.45. The number of aromatic nitrogens is 2. The number of aliphatic carboxylic acids is 1. The van der Waals surface area contributed by atoms with Crippen LogP contribution in [0.2, 0.25) is 5.02 Å². The molecule has 3 aromatic rings. The van der Waals surface area contributed by atoms with Crippen LogP contribution in [0, 0.1) is 11.3 Å². The number of nitrogens with zero attached hydrogens (tertiary/aromatic N) is 2. The second-order valence-electron chi connectivity index (χ2n) is 9.34. The molecule has 0 saturated heterocycles. The molecular formula is C29H28ClFN4O3.